The molecule has 0 aliphatic carbocycles. The Morgan fingerprint density at radius 3 is 2.89 bits per heavy atom. The molecule has 3 rings (SSSR count). The topological polar surface area (TPSA) is 59.2 Å². The minimum absolute atomic E-state index is 0.268. The number of nitrogens with one attached hydrogen (secondary N) is 2. The predicted octanol–water partition coefficient (Wildman–Crippen LogP) is 1.70. The van der Waals surface area contributed by atoms with E-state index in [0.29, 0.717) is 0 Å². The summed E-state index contributed by atoms with van der Waals surface area (Å²) in [5.74, 6) is 1.57. The van der Waals surface area contributed by atoms with Gasteiger partial charge in [0.05, 0.1) is 24.2 Å². The van der Waals surface area contributed by atoms with Gasteiger partial charge in [-0.15, -0.1) is 0 Å². The SMILES string of the molecule is COc1c(OC2CCNCC2)ccc2[nH]ncc12. The third-order valence-corrected chi connectivity index (χ3v) is 3.32. The lowest BCUT2D eigenvalue weighted by atomic mass is 10.1. The molecule has 1 aromatic heterocycles. The number of hydrogen-bond donors (Lipinski definition) is 2. The number of aromatic amines is 1. The van der Waals surface area contributed by atoms with Crippen molar-refractivity contribution in [2.24, 2.45) is 0 Å². The molecule has 1 aliphatic heterocycles. The second kappa shape index (κ2) is 4.86. The number of benzene rings is 1. The Labute approximate surface area is 105 Å². The van der Waals surface area contributed by atoms with Crippen molar-refractivity contribution in [3.63, 3.8) is 0 Å². The highest BCUT2D eigenvalue weighted by Crippen LogP contribution is 2.35. The second-order valence-corrected chi connectivity index (χ2v) is 4.50. The van der Waals surface area contributed by atoms with Crippen LogP contribution in [0.3, 0.4) is 0 Å². The highest BCUT2D eigenvalue weighted by atomic mass is 16.5. The number of H-pyrrole nitrogens is 1. The summed E-state index contributed by atoms with van der Waals surface area (Å²) in [6.45, 7) is 2.03. The molecule has 2 N–H and O–H groups in total. The van der Waals surface area contributed by atoms with Crippen LogP contribution in [-0.4, -0.2) is 36.5 Å². The van der Waals surface area contributed by atoms with Crippen molar-refractivity contribution >= 4 is 10.9 Å². The summed E-state index contributed by atoms with van der Waals surface area (Å²) in [5.41, 5.74) is 0.963. The Balaban J connectivity index is 1.90. The highest BCUT2D eigenvalue weighted by molar-refractivity contribution is 5.87. The molecule has 0 bridgehead atoms. The van der Waals surface area contributed by atoms with E-state index < -0.39 is 0 Å². The third-order valence-electron chi connectivity index (χ3n) is 3.32. The van der Waals surface area contributed by atoms with E-state index in [1.807, 2.05) is 12.1 Å². The van der Waals surface area contributed by atoms with Crippen molar-refractivity contribution in [3.8, 4) is 11.5 Å². The van der Waals surface area contributed by atoms with Crippen LogP contribution in [0.1, 0.15) is 12.8 Å². The molecule has 0 radical (unpaired) electrons. The van der Waals surface area contributed by atoms with Crippen LogP contribution in [0.4, 0.5) is 0 Å². The molecule has 2 aromatic rings. The predicted molar refractivity (Wildman–Crippen MR) is 69.2 cm³/mol. The molecule has 0 spiro atoms. The van der Waals surface area contributed by atoms with Gasteiger partial charge in [-0.1, -0.05) is 0 Å². The van der Waals surface area contributed by atoms with Crippen molar-refractivity contribution in [3.05, 3.63) is 18.3 Å². The van der Waals surface area contributed by atoms with E-state index >= 15 is 0 Å². The molecule has 0 saturated carbocycles. The van der Waals surface area contributed by atoms with Crippen molar-refractivity contribution in [2.75, 3.05) is 20.2 Å². The molecule has 96 valence electrons. The number of rotatable bonds is 3. The number of ether oxygens (including phenoxy) is 2. The summed E-state index contributed by atoms with van der Waals surface area (Å²) in [7, 11) is 1.66. The van der Waals surface area contributed by atoms with E-state index in [2.05, 4.69) is 15.5 Å². The highest BCUT2D eigenvalue weighted by Gasteiger charge is 2.18. The Morgan fingerprint density at radius 1 is 1.28 bits per heavy atom. The number of nitrogens with zero attached hydrogens (tertiary/aromatic N) is 1. The fourth-order valence-corrected chi connectivity index (χ4v) is 2.37. The van der Waals surface area contributed by atoms with Crippen LogP contribution in [-0.2, 0) is 0 Å². The Hall–Kier alpha value is -1.75. The normalized spacial score (nSPS) is 16.9. The molecule has 0 unspecified atom stereocenters. The van der Waals surface area contributed by atoms with E-state index in [9.17, 15) is 0 Å². The summed E-state index contributed by atoms with van der Waals surface area (Å²) < 4.78 is 11.5. The molecule has 0 amide bonds. The monoisotopic (exact) mass is 247 g/mol. The smallest absolute Gasteiger partial charge is 0.171 e. The minimum Gasteiger partial charge on any atom is -0.492 e. The van der Waals surface area contributed by atoms with Gasteiger partial charge in [0.1, 0.15) is 6.10 Å². The zero-order valence-corrected chi connectivity index (χ0v) is 10.4. The van der Waals surface area contributed by atoms with Crippen LogP contribution in [0, 0.1) is 0 Å². The van der Waals surface area contributed by atoms with Crippen LogP contribution in [0.15, 0.2) is 18.3 Å². The van der Waals surface area contributed by atoms with Gasteiger partial charge in [0.15, 0.2) is 11.5 Å². The number of methoxy groups -OCH3 is 1. The lowest BCUT2D eigenvalue weighted by Crippen LogP contribution is -2.34. The maximum atomic E-state index is 6.05. The van der Waals surface area contributed by atoms with Gasteiger partial charge in [0, 0.05) is 0 Å². The summed E-state index contributed by atoms with van der Waals surface area (Å²) in [6.07, 6.45) is 4.10. The van der Waals surface area contributed by atoms with Gasteiger partial charge in [0.2, 0.25) is 0 Å². The van der Waals surface area contributed by atoms with Gasteiger partial charge >= 0.3 is 0 Å². The maximum Gasteiger partial charge on any atom is 0.171 e. The van der Waals surface area contributed by atoms with E-state index in [0.717, 1.165) is 48.3 Å². The summed E-state index contributed by atoms with van der Waals surface area (Å²) in [5, 5.41) is 11.2. The van der Waals surface area contributed by atoms with Crippen molar-refractivity contribution in [2.45, 2.75) is 18.9 Å². The van der Waals surface area contributed by atoms with Gasteiger partial charge in [-0.05, 0) is 38.1 Å². The molecule has 1 aromatic carbocycles. The van der Waals surface area contributed by atoms with E-state index in [1.165, 1.54) is 0 Å². The molecular formula is C13H17N3O2. The van der Waals surface area contributed by atoms with Crippen molar-refractivity contribution < 1.29 is 9.47 Å². The zero-order valence-electron chi connectivity index (χ0n) is 10.4. The minimum atomic E-state index is 0.268. The lowest BCUT2D eigenvalue weighted by Gasteiger charge is -2.24. The van der Waals surface area contributed by atoms with E-state index in [4.69, 9.17) is 9.47 Å². The van der Waals surface area contributed by atoms with E-state index in [1.54, 1.807) is 13.3 Å². The number of piperidine rings is 1. The van der Waals surface area contributed by atoms with Gasteiger partial charge < -0.3 is 14.8 Å². The first-order chi connectivity index (χ1) is 8.88. The molecule has 1 fully saturated rings. The molecule has 5 heteroatoms. The van der Waals surface area contributed by atoms with Gasteiger partial charge in [0.25, 0.3) is 0 Å². The molecule has 0 atom stereocenters. The van der Waals surface area contributed by atoms with Gasteiger partial charge in [-0.3, -0.25) is 5.10 Å². The van der Waals surface area contributed by atoms with Crippen LogP contribution in [0.2, 0.25) is 0 Å². The van der Waals surface area contributed by atoms with Crippen LogP contribution >= 0.6 is 0 Å². The summed E-state index contributed by atoms with van der Waals surface area (Å²) >= 11 is 0. The fraction of sp³-hybridized carbons (Fsp3) is 0.462. The second-order valence-electron chi connectivity index (χ2n) is 4.50. The summed E-state index contributed by atoms with van der Waals surface area (Å²) in [4.78, 5) is 0. The third kappa shape index (κ3) is 2.01. The quantitative estimate of drug-likeness (QED) is 0.866. The Bertz CT molecular complexity index is 532. The standard InChI is InChI=1S/C13H17N3O2/c1-17-13-10-8-15-16-11(10)2-3-12(13)18-9-4-6-14-7-5-9/h2-3,8-9,14H,4-7H2,1H3,(H,15,16). The lowest BCUT2D eigenvalue weighted by molar-refractivity contribution is 0.157. The van der Waals surface area contributed by atoms with Gasteiger partial charge in [-0.25, -0.2) is 0 Å². The van der Waals surface area contributed by atoms with Crippen LogP contribution in [0.25, 0.3) is 10.9 Å². The molecular weight excluding hydrogens is 230 g/mol. The van der Waals surface area contributed by atoms with E-state index in [-0.39, 0.29) is 6.10 Å². The van der Waals surface area contributed by atoms with Crippen LogP contribution < -0.4 is 14.8 Å². The molecule has 1 saturated heterocycles. The van der Waals surface area contributed by atoms with Gasteiger partial charge in [-0.2, -0.15) is 5.10 Å². The molecule has 5 nitrogen and oxygen atoms in total. The zero-order chi connectivity index (χ0) is 12.4. The number of aromatic nitrogens is 2. The van der Waals surface area contributed by atoms with Crippen molar-refractivity contribution in [1.29, 1.82) is 0 Å². The summed E-state index contributed by atoms with van der Waals surface area (Å²) in [6, 6.07) is 3.92. The largest absolute Gasteiger partial charge is 0.492 e. The Morgan fingerprint density at radius 2 is 2.11 bits per heavy atom. The average Bonchev–Trinajstić information content (AvgIpc) is 2.88. The first-order valence-electron chi connectivity index (χ1n) is 6.26. The number of fused-ring (bicyclic) bond motifs is 1. The molecule has 18 heavy (non-hydrogen) atoms. The first-order valence-corrected chi connectivity index (χ1v) is 6.26. The fourth-order valence-electron chi connectivity index (χ4n) is 2.37. The average molecular weight is 247 g/mol. The Kier molecular flexibility index (Phi) is 3.06. The molecule has 1 aliphatic rings. The first kappa shape index (κ1) is 11.3. The van der Waals surface area contributed by atoms with Crippen molar-refractivity contribution in [1.82, 2.24) is 15.5 Å². The maximum absolute atomic E-state index is 6.05. The molecule has 2 heterocycles. The number of hydrogen-bond acceptors (Lipinski definition) is 4. The van der Waals surface area contributed by atoms with Crippen LogP contribution in [0.5, 0.6) is 11.5 Å².